The Morgan fingerprint density at radius 1 is 1.12 bits per heavy atom. The molecule has 3 unspecified atom stereocenters. The molecule has 0 saturated carbocycles. The maximum atomic E-state index is 14.2. The third-order valence-corrected chi connectivity index (χ3v) is 5.13. The van der Waals surface area contributed by atoms with E-state index in [0.29, 0.717) is 23.4 Å². The number of aliphatic hydroxyl groups excluding tert-OH is 2. The van der Waals surface area contributed by atoms with Gasteiger partial charge >= 0.3 is 0 Å². The summed E-state index contributed by atoms with van der Waals surface area (Å²) >= 11 is 6.25. The smallest absolute Gasteiger partial charge is 0.162 e. The lowest BCUT2D eigenvalue weighted by atomic mass is 9.94. The summed E-state index contributed by atoms with van der Waals surface area (Å²) in [4.78, 5) is 0. The van der Waals surface area contributed by atoms with E-state index in [2.05, 4.69) is 0 Å². The molecule has 1 heterocycles. The van der Waals surface area contributed by atoms with Crippen LogP contribution >= 0.6 is 11.6 Å². The standard InChI is InChI=1S/C20H21ClF2O3/c1-11-2-3-13(20(23)19(11)22)7-14-6-12(4-5-17(14)21)18-9-15(25)8-16(10-24)26-18/h2-6,15-16,18,24-25H,7-10H2,1H3. The molecule has 2 aromatic carbocycles. The highest BCUT2D eigenvalue weighted by Gasteiger charge is 2.29. The number of ether oxygens (including phenoxy) is 1. The number of aryl methyl sites for hydroxylation is 1. The molecule has 0 aromatic heterocycles. The molecule has 26 heavy (non-hydrogen) atoms. The van der Waals surface area contributed by atoms with Gasteiger partial charge in [0.25, 0.3) is 0 Å². The third kappa shape index (κ3) is 4.07. The van der Waals surface area contributed by atoms with Gasteiger partial charge in [-0.2, -0.15) is 0 Å². The summed E-state index contributed by atoms with van der Waals surface area (Å²) in [7, 11) is 0. The van der Waals surface area contributed by atoms with Crippen LogP contribution in [0.2, 0.25) is 5.02 Å². The molecule has 1 saturated heterocycles. The number of halogens is 3. The van der Waals surface area contributed by atoms with Crippen molar-refractivity contribution in [1.82, 2.24) is 0 Å². The zero-order chi connectivity index (χ0) is 18.8. The quantitative estimate of drug-likeness (QED) is 0.837. The van der Waals surface area contributed by atoms with Crippen LogP contribution in [0, 0.1) is 18.6 Å². The SMILES string of the molecule is Cc1ccc(Cc2cc(C3CC(O)CC(CO)O3)ccc2Cl)c(F)c1F. The van der Waals surface area contributed by atoms with Gasteiger partial charge in [-0.05, 0) is 35.2 Å². The molecule has 1 aliphatic rings. The minimum Gasteiger partial charge on any atom is -0.394 e. The zero-order valence-corrected chi connectivity index (χ0v) is 15.1. The van der Waals surface area contributed by atoms with Gasteiger partial charge in [-0.25, -0.2) is 8.78 Å². The van der Waals surface area contributed by atoms with Crippen molar-refractivity contribution < 1.29 is 23.7 Å². The molecule has 3 rings (SSSR count). The van der Waals surface area contributed by atoms with E-state index in [1.807, 2.05) is 0 Å². The van der Waals surface area contributed by atoms with Gasteiger partial charge in [0.1, 0.15) is 0 Å². The van der Waals surface area contributed by atoms with Crippen LogP contribution in [0.5, 0.6) is 0 Å². The van der Waals surface area contributed by atoms with Gasteiger partial charge < -0.3 is 14.9 Å². The molecule has 3 atom stereocenters. The first-order valence-corrected chi connectivity index (χ1v) is 8.93. The fourth-order valence-electron chi connectivity index (χ4n) is 3.28. The Morgan fingerprint density at radius 3 is 2.62 bits per heavy atom. The van der Waals surface area contributed by atoms with Crippen LogP contribution in [0.3, 0.4) is 0 Å². The van der Waals surface area contributed by atoms with E-state index >= 15 is 0 Å². The average Bonchev–Trinajstić information content (AvgIpc) is 2.63. The molecular formula is C20H21ClF2O3. The van der Waals surface area contributed by atoms with E-state index in [4.69, 9.17) is 16.3 Å². The molecule has 0 aliphatic carbocycles. The Balaban J connectivity index is 1.88. The van der Waals surface area contributed by atoms with Crippen LogP contribution in [0.4, 0.5) is 8.78 Å². The molecule has 2 aromatic rings. The topological polar surface area (TPSA) is 49.7 Å². The van der Waals surface area contributed by atoms with Crippen LogP contribution in [0.25, 0.3) is 0 Å². The largest absolute Gasteiger partial charge is 0.394 e. The highest BCUT2D eigenvalue weighted by Crippen LogP contribution is 2.34. The van der Waals surface area contributed by atoms with Crippen LogP contribution in [-0.4, -0.2) is 29.0 Å². The highest BCUT2D eigenvalue weighted by atomic mass is 35.5. The normalized spacial score (nSPS) is 23.2. The molecular weight excluding hydrogens is 362 g/mol. The van der Waals surface area contributed by atoms with Crippen molar-refractivity contribution in [3.05, 3.63) is 69.2 Å². The first-order valence-electron chi connectivity index (χ1n) is 8.55. The van der Waals surface area contributed by atoms with E-state index in [1.54, 1.807) is 24.3 Å². The second-order valence-corrected chi connectivity index (χ2v) is 7.16. The zero-order valence-electron chi connectivity index (χ0n) is 14.4. The number of benzene rings is 2. The Kier molecular flexibility index (Phi) is 5.92. The molecule has 6 heteroatoms. The van der Waals surface area contributed by atoms with Crippen molar-refractivity contribution >= 4 is 11.6 Å². The summed E-state index contributed by atoms with van der Waals surface area (Å²) in [6, 6.07) is 8.36. The first-order chi connectivity index (χ1) is 12.4. The van der Waals surface area contributed by atoms with Gasteiger partial charge in [-0.15, -0.1) is 0 Å². The van der Waals surface area contributed by atoms with Crippen LogP contribution in [0.15, 0.2) is 30.3 Å². The predicted molar refractivity (Wildman–Crippen MR) is 95.3 cm³/mol. The summed E-state index contributed by atoms with van der Waals surface area (Å²) < 4.78 is 33.8. The molecule has 0 radical (unpaired) electrons. The molecule has 3 nitrogen and oxygen atoms in total. The van der Waals surface area contributed by atoms with E-state index in [0.717, 1.165) is 5.56 Å². The lowest BCUT2D eigenvalue weighted by Crippen LogP contribution is -2.33. The molecule has 0 amide bonds. The Labute approximate surface area is 156 Å². The van der Waals surface area contributed by atoms with Crippen molar-refractivity contribution in [2.75, 3.05) is 6.61 Å². The summed E-state index contributed by atoms with van der Waals surface area (Å²) in [5, 5.41) is 19.7. The van der Waals surface area contributed by atoms with Crippen LogP contribution < -0.4 is 0 Å². The van der Waals surface area contributed by atoms with Crippen LogP contribution in [0.1, 0.15) is 41.2 Å². The van der Waals surface area contributed by atoms with Crippen molar-refractivity contribution in [2.45, 2.75) is 44.5 Å². The minimum absolute atomic E-state index is 0.147. The average molecular weight is 383 g/mol. The van der Waals surface area contributed by atoms with Gasteiger partial charge in [-0.3, -0.25) is 0 Å². The van der Waals surface area contributed by atoms with E-state index in [1.165, 1.54) is 13.0 Å². The number of hydrogen-bond donors (Lipinski definition) is 2. The maximum absolute atomic E-state index is 14.2. The van der Waals surface area contributed by atoms with Gasteiger partial charge in [0.05, 0.1) is 24.9 Å². The van der Waals surface area contributed by atoms with E-state index in [9.17, 15) is 19.0 Å². The molecule has 140 valence electrons. The summed E-state index contributed by atoms with van der Waals surface area (Å²) in [5.41, 5.74) is 1.92. The number of hydrogen-bond acceptors (Lipinski definition) is 3. The lowest BCUT2D eigenvalue weighted by Gasteiger charge is -2.32. The monoisotopic (exact) mass is 382 g/mol. The molecule has 1 fully saturated rings. The second-order valence-electron chi connectivity index (χ2n) is 6.75. The van der Waals surface area contributed by atoms with Gasteiger partial charge in [0.15, 0.2) is 11.6 Å². The van der Waals surface area contributed by atoms with Crippen molar-refractivity contribution in [1.29, 1.82) is 0 Å². The molecule has 0 bridgehead atoms. The van der Waals surface area contributed by atoms with E-state index in [-0.39, 0.29) is 30.3 Å². The fraction of sp³-hybridized carbons (Fsp3) is 0.400. The Hall–Kier alpha value is -1.53. The molecule has 1 aliphatic heterocycles. The first kappa shape index (κ1) is 19.2. The third-order valence-electron chi connectivity index (χ3n) is 4.76. The second kappa shape index (κ2) is 8.01. The predicted octanol–water partition coefficient (Wildman–Crippen LogP) is 4.09. The summed E-state index contributed by atoms with van der Waals surface area (Å²) in [6.07, 6.45) is -0.424. The fourth-order valence-corrected chi connectivity index (χ4v) is 3.46. The van der Waals surface area contributed by atoms with Gasteiger partial charge in [0.2, 0.25) is 0 Å². The van der Waals surface area contributed by atoms with Crippen LogP contribution in [-0.2, 0) is 11.2 Å². The maximum Gasteiger partial charge on any atom is 0.162 e. The Bertz CT molecular complexity index is 797. The van der Waals surface area contributed by atoms with Crippen molar-refractivity contribution in [2.24, 2.45) is 0 Å². The highest BCUT2D eigenvalue weighted by molar-refractivity contribution is 6.31. The number of aliphatic hydroxyl groups is 2. The van der Waals surface area contributed by atoms with Crippen molar-refractivity contribution in [3.8, 4) is 0 Å². The summed E-state index contributed by atoms with van der Waals surface area (Å²) in [6.45, 7) is 1.35. The van der Waals surface area contributed by atoms with Gasteiger partial charge in [-0.1, -0.05) is 35.9 Å². The molecule has 2 N–H and O–H groups in total. The Morgan fingerprint density at radius 2 is 1.88 bits per heavy atom. The minimum atomic E-state index is -0.865. The van der Waals surface area contributed by atoms with Crippen molar-refractivity contribution in [3.63, 3.8) is 0 Å². The molecule has 0 spiro atoms. The van der Waals surface area contributed by atoms with E-state index < -0.39 is 23.8 Å². The summed E-state index contributed by atoms with van der Waals surface area (Å²) in [5.74, 6) is -1.71. The lowest BCUT2D eigenvalue weighted by molar-refractivity contribution is -0.113. The van der Waals surface area contributed by atoms with Gasteiger partial charge in [0, 0.05) is 24.3 Å². The number of rotatable bonds is 4.